The highest BCUT2D eigenvalue weighted by Gasteiger charge is 2.14. The molecule has 0 spiro atoms. The molecule has 0 aliphatic carbocycles. The summed E-state index contributed by atoms with van der Waals surface area (Å²) in [6, 6.07) is 3.58. The van der Waals surface area contributed by atoms with Gasteiger partial charge >= 0.3 is 5.63 Å². The topological polar surface area (TPSA) is 43.4 Å². The minimum atomic E-state index is -0.315. The molecule has 0 bridgehead atoms. The van der Waals surface area contributed by atoms with Gasteiger partial charge in [-0.15, -0.1) is 0 Å². The minimum Gasteiger partial charge on any atom is -0.464 e. The Labute approximate surface area is 104 Å². The maximum Gasteiger partial charge on any atom is 0.336 e. The number of hydrogen-bond donors (Lipinski definition) is 0. The third-order valence-electron chi connectivity index (χ3n) is 3.47. The fourth-order valence-electron chi connectivity index (χ4n) is 2.45. The van der Waals surface area contributed by atoms with Crippen LogP contribution in [0, 0.1) is 13.8 Å². The van der Waals surface area contributed by atoms with E-state index >= 15 is 0 Å². The summed E-state index contributed by atoms with van der Waals surface area (Å²) in [5, 5.41) is 2.09. The Morgan fingerprint density at radius 1 is 1.11 bits per heavy atom. The predicted molar refractivity (Wildman–Crippen MR) is 71.1 cm³/mol. The minimum absolute atomic E-state index is 0.315. The van der Waals surface area contributed by atoms with E-state index in [0.717, 1.165) is 33.9 Å². The molecule has 92 valence electrons. The molecule has 0 aliphatic heterocycles. The molecule has 3 heteroatoms. The molecule has 18 heavy (non-hydrogen) atoms. The number of hydrogen-bond acceptors (Lipinski definition) is 3. The van der Waals surface area contributed by atoms with Gasteiger partial charge in [0.1, 0.15) is 11.2 Å². The summed E-state index contributed by atoms with van der Waals surface area (Å²) in [5.74, 6) is 0. The monoisotopic (exact) mass is 242 g/mol. The fourth-order valence-corrected chi connectivity index (χ4v) is 2.45. The average molecular weight is 242 g/mol. The van der Waals surface area contributed by atoms with E-state index in [1.165, 1.54) is 11.6 Å². The Kier molecular flexibility index (Phi) is 2.30. The first kappa shape index (κ1) is 11.1. The Morgan fingerprint density at radius 3 is 2.61 bits per heavy atom. The van der Waals surface area contributed by atoms with Gasteiger partial charge in [0.05, 0.1) is 6.26 Å². The Morgan fingerprint density at radius 2 is 1.89 bits per heavy atom. The molecule has 2 aromatic heterocycles. The summed E-state index contributed by atoms with van der Waals surface area (Å²) in [7, 11) is 0. The maximum absolute atomic E-state index is 11.5. The van der Waals surface area contributed by atoms with Crippen molar-refractivity contribution in [2.75, 3.05) is 0 Å². The quantitative estimate of drug-likeness (QED) is 0.611. The lowest BCUT2D eigenvalue weighted by Gasteiger charge is -2.04. The second-order valence-corrected chi connectivity index (χ2v) is 4.62. The van der Waals surface area contributed by atoms with E-state index in [4.69, 9.17) is 8.83 Å². The van der Waals surface area contributed by atoms with Crippen LogP contribution in [0.4, 0.5) is 0 Å². The van der Waals surface area contributed by atoms with Crippen molar-refractivity contribution in [1.29, 1.82) is 0 Å². The first-order valence-electron chi connectivity index (χ1n) is 6.06. The van der Waals surface area contributed by atoms with Crippen LogP contribution in [-0.2, 0) is 6.42 Å². The van der Waals surface area contributed by atoms with E-state index in [-0.39, 0.29) is 5.63 Å². The van der Waals surface area contributed by atoms with Gasteiger partial charge < -0.3 is 8.83 Å². The second-order valence-electron chi connectivity index (χ2n) is 4.62. The van der Waals surface area contributed by atoms with Crippen molar-refractivity contribution in [3.63, 3.8) is 0 Å². The standard InChI is InChI=1S/C15H14O3/c1-4-10-7-17-14-9(3)15-11(6-12(10)14)8(2)5-13(16)18-15/h5-7H,4H2,1-3H3. The van der Waals surface area contributed by atoms with Crippen LogP contribution in [0.15, 0.2) is 32.0 Å². The van der Waals surface area contributed by atoms with E-state index in [1.807, 2.05) is 13.8 Å². The lowest BCUT2D eigenvalue weighted by molar-refractivity contribution is 0.555. The molecule has 0 N–H and O–H groups in total. The van der Waals surface area contributed by atoms with E-state index < -0.39 is 0 Å². The number of benzene rings is 1. The third-order valence-corrected chi connectivity index (χ3v) is 3.47. The van der Waals surface area contributed by atoms with Crippen molar-refractivity contribution >= 4 is 21.9 Å². The van der Waals surface area contributed by atoms with Crippen LogP contribution in [0.25, 0.3) is 21.9 Å². The second kappa shape index (κ2) is 3.73. The van der Waals surface area contributed by atoms with E-state index in [9.17, 15) is 4.79 Å². The van der Waals surface area contributed by atoms with Gasteiger partial charge in [0.2, 0.25) is 0 Å². The van der Waals surface area contributed by atoms with Crippen LogP contribution in [-0.4, -0.2) is 0 Å². The maximum atomic E-state index is 11.5. The molecule has 0 atom stereocenters. The van der Waals surface area contributed by atoms with Crippen molar-refractivity contribution in [1.82, 2.24) is 0 Å². The number of fused-ring (bicyclic) bond motifs is 2. The molecule has 3 aromatic rings. The largest absolute Gasteiger partial charge is 0.464 e. The van der Waals surface area contributed by atoms with Crippen LogP contribution in [0.5, 0.6) is 0 Å². The van der Waals surface area contributed by atoms with Gasteiger partial charge in [0.15, 0.2) is 0 Å². The van der Waals surface area contributed by atoms with Gasteiger partial charge in [0.25, 0.3) is 0 Å². The predicted octanol–water partition coefficient (Wildman–Crippen LogP) is 3.72. The zero-order valence-electron chi connectivity index (χ0n) is 10.7. The molecule has 0 saturated carbocycles. The summed E-state index contributed by atoms with van der Waals surface area (Å²) in [5.41, 5.74) is 4.14. The third kappa shape index (κ3) is 1.40. The van der Waals surface area contributed by atoms with Crippen molar-refractivity contribution in [3.05, 3.63) is 45.5 Å². The van der Waals surface area contributed by atoms with Crippen LogP contribution in [0.2, 0.25) is 0 Å². The summed E-state index contributed by atoms with van der Waals surface area (Å²) in [6.45, 7) is 5.95. The first-order chi connectivity index (χ1) is 8.61. The molecule has 0 unspecified atom stereocenters. The average Bonchev–Trinajstić information content (AvgIpc) is 2.74. The van der Waals surface area contributed by atoms with E-state index in [0.29, 0.717) is 5.58 Å². The Hall–Kier alpha value is -2.03. The van der Waals surface area contributed by atoms with Crippen molar-refractivity contribution < 1.29 is 8.83 Å². The van der Waals surface area contributed by atoms with Crippen LogP contribution < -0.4 is 5.63 Å². The lowest BCUT2D eigenvalue weighted by atomic mass is 10.0. The van der Waals surface area contributed by atoms with Crippen molar-refractivity contribution in [3.8, 4) is 0 Å². The zero-order chi connectivity index (χ0) is 12.9. The number of aryl methyl sites for hydroxylation is 3. The summed E-state index contributed by atoms with van der Waals surface area (Å²) >= 11 is 0. The number of rotatable bonds is 1. The lowest BCUT2D eigenvalue weighted by Crippen LogP contribution is -1.99. The smallest absolute Gasteiger partial charge is 0.336 e. The highest BCUT2D eigenvalue weighted by atomic mass is 16.4. The summed E-state index contributed by atoms with van der Waals surface area (Å²) in [6.07, 6.45) is 2.71. The Balaban J connectivity index is 2.58. The highest BCUT2D eigenvalue weighted by molar-refractivity contribution is 5.99. The van der Waals surface area contributed by atoms with Crippen LogP contribution in [0.1, 0.15) is 23.6 Å². The summed E-state index contributed by atoms with van der Waals surface area (Å²) < 4.78 is 10.9. The SMILES string of the molecule is CCc1coc2c(C)c3oc(=O)cc(C)c3cc12. The van der Waals surface area contributed by atoms with E-state index in [1.54, 1.807) is 6.26 Å². The zero-order valence-corrected chi connectivity index (χ0v) is 10.7. The molecule has 0 fully saturated rings. The van der Waals surface area contributed by atoms with Gasteiger partial charge in [-0.3, -0.25) is 0 Å². The fraction of sp³-hybridized carbons (Fsp3) is 0.267. The molecule has 0 amide bonds. The van der Waals surface area contributed by atoms with E-state index in [2.05, 4.69) is 13.0 Å². The molecule has 3 rings (SSSR count). The first-order valence-corrected chi connectivity index (χ1v) is 6.06. The van der Waals surface area contributed by atoms with Crippen molar-refractivity contribution in [2.45, 2.75) is 27.2 Å². The molecule has 0 saturated heterocycles. The van der Waals surface area contributed by atoms with Gasteiger partial charge in [0, 0.05) is 22.4 Å². The highest BCUT2D eigenvalue weighted by Crippen LogP contribution is 2.32. The molecule has 2 heterocycles. The molecule has 1 aromatic carbocycles. The normalized spacial score (nSPS) is 11.5. The van der Waals surface area contributed by atoms with Gasteiger partial charge in [-0.1, -0.05) is 6.92 Å². The summed E-state index contributed by atoms with van der Waals surface area (Å²) in [4.78, 5) is 11.5. The number of furan rings is 1. The van der Waals surface area contributed by atoms with Gasteiger partial charge in [-0.25, -0.2) is 4.79 Å². The van der Waals surface area contributed by atoms with Crippen molar-refractivity contribution in [2.24, 2.45) is 0 Å². The van der Waals surface area contributed by atoms with Crippen LogP contribution in [0.3, 0.4) is 0 Å². The molecule has 3 nitrogen and oxygen atoms in total. The van der Waals surface area contributed by atoms with Gasteiger partial charge in [-0.2, -0.15) is 0 Å². The molecular formula is C15H14O3. The molecular weight excluding hydrogens is 228 g/mol. The molecule has 0 radical (unpaired) electrons. The molecule has 0 aliphatic rings. The Bertz CT molecular complexity index is 806. The van der Waals surface area contributed by atoms with Gasteiger partial charge in [-0.05, 0) is 37.5 Å². The van der Waals surface area contributed by atoms with Crippen LogP contribution >= 0.6 is 0 Å².